The van der Waals surface area contributed by atoms with Crippen molar-refractivity contribution < 1.29 is 4.79 Å². The van der Waals surface area contributed by atoms with Gasteiger partial charge in [-0.15, -0.1) is 0 Å². The van der Waals surface area contributed by atoms with Crippen LogP contribution in [0.5, 0.6) is 0 Å². The van der Waals surface area contributed by atoms with Gasteiger partial charge in [-0.3, -0.25) is 4.79 Å². The highest BCUT2D eigenvalue weighted by atomic mass is 16.1. The van der Waals surface area contributed by atoms with Crippen LogP contribution in [0.2, 0.25) is 0 Å². The smallest absolute Gasteiger partial charge is 0.220 e. The van der Waals surface area contributed by atoms with E-state index in [1.165, 1.54) is 0 Å². The highest BCUT2D eigenvalue weighted by Gasteiger charge is 2.15. The molecule has 1 aromatic rings. The third kappa shape index (κ3) is 5.33. The van der Waals surface area contributed by atoms with E-state index in [9.17, 15) is 4.79 Å². The lowest BCUT2D eigenvalue weighted by atomic mass is 9.95. The number of nitrogens with two attached hydrogens (primary N) is 1. The summed E-state index contributed by atoms with van der Waals surface area (Å²) in [4.78, 5) is 11.9. The zero-order valence-corrected chi connectivity index (χ0v) is 12.3. The number of hydrogen-bond donors (Lipinski definition) is 2. The van der Waals surface area contributed by atoms with E-state index in [1.807, 2.05) is 24.3 Å². The van der Waals surface area contributed by atoms with Crippen molar-refractivity contribution in [1.29, 1.82) is 0 Å². The third-order valence-electron chi connectivity index (χ3n) is 3.74. The van der Waals surface area contributed by atoms with Gasteiger partial charge in [0, 0.05) is 18.2 Å². The van der Waals surface area contributed by atoms with Gasteiger partial charge >= 0.3 is 0 Å². The van der Waals surface area contributed by atoms with Gasteiger partial charge in [0.1, 0.15) is 0 Å². The molecule has 0 saturated heterocycles. The molecule has 106 valence electrons. The zero-order valence-electron chi connectivity index (χ0n) is 12.3. The predicted molar refractivity (Wildman–Crippen MR) is 80.9 cm³/mol. The Bertz CT molecular complexity index is 399. The number of nitrogens with one attached hydrogen (secondary N) is 1. The molecule has 1 aromatic carbocycles. The summed E-state index contributed by atoms with van der Waals surface area (Å²) in [6.45, 7) is 6.43. The first-order chi connectivity index (χ1) is 9.06. The summed E-state index contributed by atoms with van der Waals surface area (Å²) in [6, 6.07) is 7.98. The lowest BCUT2D eigenvalue weighted by molar-refractivity contribution is -0.122. The first-order valence-corrected chi connectivity index (χ1v) is 7.20. The number of aryl methyl sites for hydroxylation is 1. The molecule has 0 aliphatic rings. The molecule has 1 rings (SSSR count). The Morgan fingerprint density at radius 1 is 1.32 bits per heavy atom. The first-order valence-electron chi connectivity index (χ1n) is 7.20. The summed E-state index contributed by atoms with van der Waals surface area (Å²) in [6.07, 6.45) is 3.47. The molecular weight excluding hydrogens is 236 g/mol. The maximum absolute atomic E-state index is 11.9. The zero-order chi connectivity index (χ0) is 14.3. The maximum Gasteiger partial charge on any atom is 0.220 e. The fourth-order valence-corrected chi connectivity index (χ4v) is 2.45. The van der Waals surface area contributed by atoms with Crippen molar-refractivity contribution in [2.45, 2.75) is 52.5 Å². The minimum absolute atomic E-state index is 0.127. The molecule has 0 aliphatic heterocycles. The van der Waals surface area contributed by atoms with Crippen molar-refractivity contribution in [2.24, 2.45) is 5.92 Å². The van der Waals surface area contributed by atoms with E-state index in [2.05, 4.69) is 26.1 Å². The van der Waals surface area contributed by atoms with Crippen molar-refractivity contribution in [2.75, 3.05) is 5.73 Å². The summed E-state index contributed by atoms with van der Waals surface area (Å²) >= 11 is 0. The average molecular weight is 262 g/mol. The van der Waals surface area contributed by atoms with Crippen molar-refractivity contribution in [3.63, 3.8) is 0 Å². The fourth-order valence-electron chi connectivity index (χ4n) is 2.45. The third-order valence-corrected chi connectivity index (χ3v) is 3.74. The average Bonchev–Trinajstić information content (AvgIpc) is 2.38. The summed E-state index contributed by atoms with van der Waals surface area (Å²) in [5.74, 6) is 0.693. The van der Waals surface area contributed by atoms with Gasteiger partial charge in [-0.25, -0.2) is 0 Å². The lowest BCUT2D eigenvalue weighted by Gasteiger charge is -2.22. The minimum atomic E-state index is 0.127. The number of hydrogen-bond acceptors (Lipinski definition) is 2. The van der Waals surface area contributed by atoms with Crippen molar-refractivity contribution >= 4 is 11.6 Å². The molecule has 3 heteroatoms. The van der Waals surface area contributed by atoms with Gasteiger partial charge < -0.3 is 11.1 Å². The number of nitrogen functional groups attached to an aromatic ring is 1. The molecule has 0 fully saturated rings. The van der Waals surface area contributed by atoms with Gasteiger partial charge in [-0.05, 0) is 37.0 Å². The van der Waals surface area contributed by atoms with E-state index < -0.39 is 0 Å². The summed E-state index contributed by atoms with van der Waals surface area (Å²) in [5.41, 5.74) is 7.59. The highest BCUT2D eigenvalue weighted by Crippen LogP contribution is 2.13. The van der Waals surface area contributed by atoms with Crippen LogP contribution in [0.4, 0.5) is 5.69 Å². The molecule has 1 atom stereocenters. The second-order valence-electron chi connectivity index (χ2n) is 5.18. The molecule has 3 N–H and O–H groups in total. The van der Waals surface area contributed by atoms with E-state index in [-0.39, 0.29) is 11.9 Å². The number of benzene rings is 1. The molecule has 0 spiro atoms. The largest absolute Gasteiger partial charge is 0.399 e. The molecule has 0 bridgehead atoms. The van der Waals surface area contributed by atoms with E-state index in [1.54, 1.807) is 0 Å². The van der Waals surface area contributed by atoms with Crippen LogP contribution in [0, 0.1) is 5.92 Å². The van der Waals surface area contributed by atoms with Crippen molar-refractivity contribution in [3.8, 4) is 0 Å². The van der Waals surface area contributed by atoms with Gasteiger partial charge in [0.25, 0.3) is 0 Å². The van der Waals surface area contributed by atoms with E-state index >= 15 is 0 Å². The minimum Gasteiger partial charge on any atom is -0.399 e. The Hall–Kier alpha value is -1.51. The highest BCUT2D eigenvalue weighted by molar-refractivity contribution is 5.76. The van der Waals surface area contributed by atoms with Crippen LogP contribution < -0.4 is 11.1 Å². The Labute approximate surface area is 116 Å². The summed E-state index contributed by atoms with van der Waals surface area (Å²) in [5, 5.41) is 3.10. The predicted octanol–water partition coefficient (Wildman–Crippen LogP) is 3.14. The van der Waals surface area contributed by atoms with Gasteiger partial charge in [-0.2, -0.15) is 0 Å². The number of rotatable bonds is 7. The maximum atomic E-state index is 11.9. The van der Waals surface area contributed by atoms with Gasteiger partial charge in [0.15, 0.2) is 0 Å². The summed E-state index contributed by atoms with van der Waals surface area (Å²) in [7, 11) is 0. The summed E-state index contributed by atoms with van der Waals surface area (Å²) < 4.78 is 0. The van der Waals surface area contributed by atoms with Crippen LogP contribution in [-0.2, 0) is 11.2 Å². The van der Waals surface area contributed by atoms with Gasteiger partial charge in [-0.1, -0.05) is 38.8 Å². The number of carbonyl (C=O) groups is 1. The molecule has 19 heavy (non-hydrogen) atoms. The van der Waals surface area contributed by atoms with Gasteiger partial charge in [0.05, 0.1) is 0 Å². The van der Waals surface area contributed by atoms with E-state index in [0.29, 0.717) is 12.3 Å². The van der Waals surface area contributed by atoms with Crippen LogP contribution >= 0.6 is 0 Å². The van der Waals surface area contributed by atoms with Gasteiger partial charge in [0.2, 0.25) is 5.91 Å². The molecule has 1 amide bonds. The molecule has 1 unspecified atom stereocenters. The number of amides is 1. The fraction of sp³-hybridized carbons (Fsp3) is 0.562. The van der Waals surface area contributed by atoms with Crippen LogP contribution in [0.15, 0.2) is 24.3 Å². The Balaban J connectivity index is 2.39. The quantitative estimate of drug-likeness (QED) is 0.742. The molecule has 0 saturated carbocycles. The van der Waals surface area contributed by atoms with Crippen LogP contribution in [0.25, 0.3) is 0 Å². The topological polar surface area (TPSA) is 55.1 Å². The lowest BCUT2D eigenvalue weighted by Crippen LogP contribution is -2.37. The number of anilines is 1. The molecule has 3 nitrogen and oxygen atoms in total. The molecule has 0 radical (unpaired) electrons. The molecular formula is C16H26N2O. The second-order valence-corrected chi connectivity index (χ2v) is 5.18. The van der Waals surface area contributed by atoms with Crippen LogP contribution in [0.3, 0.4) is 0 Å². The normalized spacial score (nSPS) is 12.4. The Kier molecular flexibility index (Phi) is 6.40. The Morgan fingerprint density at radius 2 is 2.00 bits per heavy atom. The standard InChI is InChI=1S/C16H26N2O/c1-4-14(5-2)12(3)18-16(19)10-9-13-7-6-8-15(17)11-13/h6-8,11-12,14H,4-5,9-10,17H2,1-3H3,(H,18,19). The van der Waals surface area contributed by atoms with E-state index in [0.717, 1.165) is 30.5 Å². The molecule has 0 aromatic heterocycles. The molecule has 0 heterocycles. The molecule has 0 aliphatic carbocycles. The van der Waals surface area contributed by atoms with E-state index in [4.69, 9.17) is 5.73 Å². The van der Waals surface area contributed by atoms with Crippen LogP contribution in [0.1, 0.15) is 45.6 Å². The van der Waals surface area contributed by atoms with Crippen LogP contribution in [-0.4, -0.2) is 11.9 Å². The van der Waals surface area contributed by atoms with Crippen molar-refractivity contribution in [1.82, 2.24) is 5.32 Å². The monoisotopic (exact) mass is 262 g/mol. The second kappa shape index (κ2) is 7.82. The Morgan fingerprint density at radius 3 is 2.58 bits per heavy atom. The SMILES string of the molecule is CCC(CC)C(C)NC(=O)CCc1cccc(N)c1. The van der Waals surface area contributed by atoms with Crippen molar-refractivity contribution in [3.05, 3.63) is 29.8 Å². The number of carbonyl (C=O) groups excluding carboxylic acids is 1. The first kappa shape index (κ1) is 15.5.